The number of rotatable bonds is 5. The van der Waals surface area contributed by atoms with Crippen LogP contribution in [-0.2, 0) is 11.3 Å². The van der Waals surface area contributed by atoms with Gasteiger partial charge < -0.3 is 20.4 Å². The summed E-state index contributed by atoms with van der Waals surface area (Å²) in [5.41, 5.74) is -0.00741. The van der Waals surface area contributed by atoms with Crippen LogP contribution in [0.3, 0.4) is 0 Å². The second-order valence-electron chi connectivity index (χ2n) is 4.30. The SMILES string of the molecule is O=C(OCc1ccc(N([O-])[O-])cc1N(O)O)c1ccccc1. The quantitative estimate of drug-likeness (QED) is 0.638. The Hall–Kier alpha value is -2.65. The van der Waals surface area contributed by atoms with Crippen LogP contribution in [0.5, 0.6) is 0 Å². The largest absolute Gasteiger partial charge is 0.769 e. The molecule has 0 fully saturated rings. The molecule has 116 valence electrons. The van der Waals surface area contributed by atoms with Crippen molar-refractivity contribution >= 4 is 17.3 Å². The third-order valence-corrected chi connectivity index (χ3v) is 2.86. The van der Waals surface area contributed by atoms with Crippen molar-refractivity contribution in [2.45, 2.75) is 6.61 Å². The predicted octanol–water partition coefficient (Wildman–Crippen LogP) is 2.43. The van der Waals surface area contributed by atoms with Gasteiger partial charge in [-0.05, 0) is 24.3 Å². The third-order valence-electron chi connectivity index (χ3n) is 2.86. The Labute approximate surface area is 125 Å². The first-order valence-corrected chi connectivity index (χ1v) is 6.16. The van der Waals surface area contributed by atoms with Gasteiger partial charge in [0, 0.05) is 11.3 Å². The summed E-state index contributed by atoms with van der Waals surface area (Å²) in [5.74, 6) is -0.590. The summed E-state index contributed by atoms with van der Waals surface area (Å²) >= 11 is 0. The Bertz CT molecular complexity index is 645. The summed E-state index contributed by atoms with van der Waals surface area (Å²) < 4.78 is 5.05. The van der Waals surface area contributed by atoms with Crippen molar-refractivity contribution in [3.05, 3.63) is 70.1 Å². The van der Waals surface area contributed by atoms with Crippen LogP contribution in [0.15, 0.2) is 48.5 Å². The van der Waals surface area contributed by atoms with Gasteiger partial charge in [-0.3, -0.25) is 10.4 Å². The summed E-state index contributed by atoms with van der Waals surface area (Å²) in [7, 11) is 0. The first-order valence-electron chi connectivity index (χ1n) is 6.16. The summed E-state index contributed by atoms with van der Waals surface area (Å²) in [5, 5.41) is 38.7. The number of anilines is 2. The number of hydrogen-bond acceptors (Lipinski definition) is 8. The molecule has 2 rings (SSSR count). The minimum absolute atomic E-state index is 0.208. The summed E-state index contributed by atoms with van der Waals surface area (Å²) in [6.45, 7) is -0.265. The number of carbonyl (C=O) groups excluding carboxylic acids is 1. The smallest absolute Gasteiger partial charge is 0.338 e. The van der Waals surface area contributed by atoms with Crippen LogP contribution in [0.2, 0.25) is 0 Å². The van der Waals surface area contributed by atoms with Crippen molar-refractivity contribution < 1.29 is 19.9 Å². The van der Waals surface area contributed by atoms with Crippen LogP contribution in [0.4, 0.5) is 11.4 Å². The summed E-state index contributed by atoms with van der Waals surface area (Å²) in [4.78, 5) is 11.8. The molecule has 2 aromatic carbocycles. The van der Waals surface area contributed by atoms with Gasteiger partial charge in [0.25, 0.3) is 0 Å². The second-order valence-corrected chi connectivity index (χ2v) is 4.30. The predicted molar refractivity (Wildman–Crippen MR) is 77.3 cm³/mol. The number of esters is 1. The molecule has 2 N–H and O–H groups in total. The zero-order valence-corrected chi connectivity index (χ0v) is 11.2. The lowest BCUT2D eigenvalue weighted by Gasteiger charge is -2.38. The first kappa shape index (κ1) is 15.7. The van der Waals surface area contributed by atoms with Gasteiger partial charge >= 0.3 is 5.97 Å². The van der Waals surface area contributed by atoms with E-state index >= 15 is 0 Å². The Morgan fingerprint density at radius 1 is 1.09 bits per heavy atom. The van der Waals surface area contributed by atoms with Crippen LogP contribution < -0.4 is 10.5 Å². The van der Waals surface area contributed by atoms with Gasteiger partial charge in [-0.1, -0.05) is 24.3 Å². The normalized spacial score (nSPS) is 10.2. The number of hydrogen-bond donors (Lipinski definition) is 2. The number of ether oxygens (including phenoxy) is 1. The highest BCUT2D eigenvalue weighted by Crippen LogP contribution is 2.26. The van der Waals surface area contributed by atoms with E-state index in [9.17, 15) is 15.2 Å². The lowest BCUT2D eigenvalue weighted by Crippen LogP contribution is -2.16. The van der Waals surface area contributed by atoms with E-state index in [-0.39, 0.29) is 28.8 Å². The van der Waals surface area contributed by atoms with Crippen molar-refractivity contribution in [2.75, 3.05) is 10.5 Å². The van der Waals surface area contributed by atoms with Crippen LogP contribution >= 0.6 is 0 Å². The van der Waals surface area contributed by atoms with E-state index in [2.05, 4.69) is 0 Å². The monoisotopic (exact) mass is 304 g/mol. The van der Waals surface area contributed by atoms with Gasteiger partial charge in [0.05, 0.1) is 5.56 Å². The maximum absolute atomic E-state index is 11.8. The Morgan fingerprint density at radius 3 is 2.36 bits per heavy atom. The molecule has 0 saturated heterocycles. The lowest BCUT2D eigenvalue weighted by molar-refractivity contribution is 0.0263. The molecule has 0 aromatic heterocycles. The molecule has 0 unspecified atom stereocenters. The molecule has 0 amide bonds. The van der Waals surface area contributed by atoms with Gasteiger partial charge in [0.15, 0.2) is 0 Å². The molecular weight excluding hydrogens is 292 g/mol. The van der Waals surface area contributed by atoms with Crippen LogP contribution in [-0.4, -0.2) is 16.4 Å². The van der Waals surface area contributed by atoms with E-state index in [1.54, 1.807) is 30.3 Å². The van der Waals surface area contributed by atoms with Crippen LogP contribution in [0, 0.1) is 10.4 Å². The Balaban J connectivity index is 2.14. The maximum atomic E-state index is 11.8. The molecule has 8 nitrogen and oxygen atoms in total. The fourth-order valence-electron chi connectivity index (χ4n) is 1.77. The second kappa shape index (κ2) is 6.87. The minimum atomic E-state index is -0.674. The highest BCUT2D eigenvalue weighted by atomic mass is 16.8. The molecule has 0 radical (unpaired) electrons. The molecule has 2 aromatic rings. The molecule has 8 heteroatoms. The molecular formula is C14H12N2O6-2. The molecule has 0 aliphatic rings. The van der Waals surface area contributed by atoms with Crippen molar-refractivity contribution in [3.8, 4) is 0 Å². The topological polar surface area (TPSA) is 119 Å². The highest BCUT2D eigenvalue weighted by molar-refractivity contribution is 5.89. The summed E-state index contributed by atoms with van der Waals surface area (Å²) in [6, 6.07) is 11.7. The van der Waals surface area contributed by atoms with Crippen LogP contribution in [0.25, 0.3) is 0 Å². The number of nitrogens with zero attached hydrogens (tertiary/aromatic N) is 2. The van der Waals surface area contributed by atoms with E-state index in [0.717, 1.165) is 6.07 Å². The van der Waals surface area contributed by atoms with Crippen molar-refractivity contribution in [3.63, 3.8) is 0 Å². The van der Waals surface area contributed by atoms with E-state index in [1.165, 1.54) is 12.1 Å². The molecule has 0 aliphatic heterocycles. The maximum Gasteiger partial charge on any atom is 0.338 e. The fourth-order valence-corrected chi connectivity index (χ4v) is 1.77. The Morgan fingerprint density at radius 2 is 1.77 bits per heavy atom. The van der Waals surface area contributed by atoms with Gasteiger partial charge in [-0.15, -0.1) is 5.23 Å². The van der Waals surface area contributed by atoms with Gasteiger partial charge in [0.1, 0.15) is 12.3 Å². The van der Waals surface area contributed by atoms with Gasteiger partial charge in [-0.25, -0.2) is 4.79 Å². The summed E-state index contributed by atoms with van der Waals surface area (Å²) in [6.07, 6.45) is 0. The average molecular weight is 304 g/mol. The average Bonchev–Trinajstić information content (AvgIpc) is 2.53. The van der Waals surface area contributed by atoms with Crippen molar-refractivity contribution in [1.82, 2.24) is 0 Å². The molecule has 0 heterocycles. The molecule has 0 aliphatic carbocycles. The van der Waals surface area contributed by atoms with Crippen LogP contribution in [0.1, 0.15) is 15.9 Å². The zero-order valence-electron chi connectivity index (χ0n) is 11.2. The minimum Gasteiger partial charge on any atom is -0.769 e. The van der Waals surface area contributed by atoms with E-state index in [1.807, 2.05) is 0 Å². The first-order chi connectivity index (χ1) is 10.5. The highest BCUT2D eigenvalue weighted by Gasteiger charge is 2.12. The standard InChI is InChI=1S/C14H12N2O6/c17-14(10-4-2-1-3-5-10)22-9-11-6-7-12(15(18)19)8-13(11)16(20)21/h1-8,20-21H,9H2/q-2. The van der Waals surface area contributed by atoms with E-state index in [4.69, 9.17) is 15.2 Å². The molecule has 0 atom stereocenters. The molecule has 0 bridgehead atoms. The Kier molecular flexibility index (Phi) is 4.92. The van der Waals surface area contributed by atoms with Crippen molar-refractivity contribution in [1.29, 1.82) is 0 Å². The molecule has 22 heavy (non-hydrogen) atoms. The van der Waals surface area contributed by atoms with Gasteiger partial charge in [0.2, 0.25) is 0 Å². The molecule has 0 spiro atoms. The number of carbonyl (C=O) groups is 1. The van der Waals surface area contributed by atoms with E-state index < -0.39 is 11.2 Å². The van der Waals surface area contributed by atoms with Crippen molar-refractivity contribution in [2.24, 2.45) is 0 Å². The zero-order chi connectivity index (χ0) is 16.1. The van der Waals surface area contributed by atoms with Gasteiger partial charge in [-0.2, -0.15) is 0 Å². The molecule has 0 saturated carbocycles. The third kappa shape index (κ3) is 3.71. The lowest BCUT2D eigenvalue weighted by atomic mass is 10.1. The number of benzene rings is 2. The fraction of sp³-hybridized carbons (Fsp3) is 0.0714. The van der Waals surface area contributed by atoms with E-state index in [0.29, 0.717) is 5.56 Å².